The maximum absolute atomic E-state index is 12.3. The molecule has 0 aliphatic heterocycles. The van der Waals surface area contributed by atoms with E-state index in [1.807, 2.05) is 18.2 Å². The first-order chi connectivity index (χ1) is 10.1. The molecule has 0 fully saturated rings. The van der Waals surface area contributed by atoms with Crippen molar-refractivity contribution in [3.8, 4) is 5.75 Å². The Labute approximate surface area is 133 Å². The molecule has 0 bridgehead atoms. The molecule has 0 radical (unpaired) electrons. The van der Waals surface area contributed by atoms with Crippen LogP contribution in [0.5, 0.6) is 5.75 Å². The number of rotatable bonds is 5. The Morgan fingerprint density at radius 2 is 2.00 bits per heavy atom. The van der Waals surface area contributed by atoms with E-state index >= 15 is 0 Å². The van der Waals surface area contributed by atoms with Crippen molar-refractivity contribution in [2.45, 2.75) is 19.8 Å². The number of anilines is 1. The number of carbonyl (C=O) groups excluding carboxylic acids is 1. The lowest BCUT2D eigenvalue weighted by Crippen LogP contribution is -2.13. The molecule has 0 heterocycles. The van der Waals surface area contributed by atoms with Gasteiger partial charge < -0.3 is 10.4 Å². The molecule has 21 heavy (non-hydrogen) atoms. The standard InChI is InChI=1S/C17H18BrNO2/c1-12-15(8-3-9-16(12)20)17(21)19-14-7-2-5-13(11-14)6-4-10-18/h2-3,5,7-9,11,20H,4,6,10H2,1H3,(H,19,21). The van der Waals surface area contributed by atoms with Gasteiger partial charge in [0.15, 0.2) is 0 Å². The van der Waals surface area contributed by atoms with E-state index in [1.165, 1.54) is 5.56 Å². The number of hydrogen-bond donors (Lipinski definition) is 2. The second-order valence-corrected chi connectivity index (χ2v) is 5.69. The van der Waals surface area contributed by atoms with Crippen molar-refractivity contribution in [2.75, 3.05) is 10.6 Å². The number of phenols is 1. The molecule has 0 saturated carbocycles. The molecule has 2 aromatic carbocycles. The molecule has 0 aromatic heterocycles. The predicted molar refractivity (Wildman–Crippen MR) is 89.4 cm³/mol. The molecule has 1 amide bonds. The molecule has 0 unspecified atom stereocenters. The molecular weight excluding hydrogens is 330 g/mol. The minimum Gasteiger partial charge on any atom is -0.508 e. The molecule has 4 heteroatoms. The van der Waals surface area contributed by atoms with E-state index in [0.717, 1.165) is 23.9 Å². The summed E-state index contributed by atoms with van der Waals surface area (Å²) in [4.78, 5) is 12.3. The fourth-order valence-corrected chi connectivity index (χ4v) is 2.42. The Kier molecular flexibility index (Phi) is 5.39. The number of hydrogen-bond acceptors (Lipinski definition) is 2. The number of alkyl halides is 1. The van der Waals surface area contributed by atoms with Crippen LogP contribution in [0, 0.1) is 6.92 Å². The number of aryl methyl sites for hydroxylation is 1. The van der Waals surface area contributed by atoms with E-state index < -0.39 is 0 Å². The van der Waals surface area contributed by atoms with E-state index in [1.54, 1.807) is 25.1 Å². The van der Waals surface area contributed by atoms with Gasteiger partial charge in [0.05, 0.1) is 0 Å². The van der Waals surface area contributed by atoms with Gasteiger partial charge in [-0.2, -0.15) is 0 Å². The molecule has 0 aliphatic carbocycles. The van der Waals surface area contributed by atoms with Crippen molar-refractivity contribution in [2.24, 2.45) is 0 Å². The largest absolute Gasteiger partial charge is 0.508 e. The zero-order valence-electron chi connectivity index (χ0n) is 11.9. The van der Waals surface area contributed by atoms with Gasteiger partial charge in [0.2, 0.25) is 0 Å². The molecule has 0 aliphatic rings. The lowest BCUT2D eigenvalue weighted by atomic mass is 10.1. The number of aromatic hydroxyl groups is 1. The third kappa shape index (κ3) is 4.08. The summed E-state index contributed by atoms with van der Waals surface area (Å²) < 4.78 is 0. The first-order valence-corrected chi connectivity index (χ1v) is 7.99. The first-order valence-electron chi connectivity index (χ1n) is 6.86. The average molecular weight is 348 g/mol. The van der Waals surface area contributed by atoms with Gasteiger partial charge in [-0.1, -0.05) is 34.1 Å². The Hall–Kier alpha value is -1.81. The summed E-state index contributed by atoms with van der Waals surface area (Å²) in [6.07, 6.45) is 2.03. The number of halogens is 1. The molecule has 0 atom stereocenters. The van der Waals surface area contributed by atoms with Crippen LogP contribution >= 0.6 is 15.9 Å². The summed E-state index contributed by atoms with van der Waals surface area (Å²) in [7, 11) is 0. The van der Waals surface area contributed by atoms with E-state index in [0.29, 0.717) is 11.1 Å². The quantitative estimate of drug-likeness (QED) is 0.793. The highest BCUT2D eigenvalue weighted by Crippen LogP contribution is 2.21. The van der Waals surface area contributed by atoms with Gasteiger partial charge in [0, 0.05) is 22.1 Å². The van der Waals surface area contributed by atoms with Crippen molar-refractivity contribution in [1.82, 2.24) is 0 Å². The van der Waals surface area contributed by atoms with E-state index in [-0.39, 0.29) is 11.7 Å². The lowest BCUT2D eigenvalue weighted by Gasteiger charge is -2.10. The van der Waals surface area contributed by atoms with E-state index in [9.17, 15) is 9.90 Å². The summed E-state index contributed by atoms with van der Waals surface area (Å²) in [5.41, 5.74) is 3.04. The van der Waals surface area contributed by atoms with Crippen molar-refractivity contribution in [3.05, 3.63) is 59.2 Å². The third-order valence-electron chi connectivity index (χ3n) is 3.33. The van der Waals surface area contributed by atoms with Crippen LogP contribution in [0.1, 0.15) is 27.9 Å². The highest BCUT2D eigenvalue weighted by molar-refractivity contribution is 9.09. The van der Waals surface area contributed by atoms with Crippen molar-refractivity contribution in [3.63, 3.8) is 0 Å². The smallest absolute Gasteiger partial charge is 0.256 e. The monoisotopic (exact) mass is 347 g/mol. The zero-order valence-corrected chi connectivity index (χ0v) is 13.5. The zero-order chi connectivity index (χ0) is 15.2. The Morgan fingerprint density at radius 3 is 2.76 bits per heavy atom. The normalized spacial score (nSPS) is 10.4. The van der Waals surface area contributed by atoms with Gasteiger partial charge in [-0.25, -0.2) is 0 Å². The summed E-state index contributed by atoms with van der Waals surface area (Å²) in [6.45, 7) is 1.73. The van der Waals surface area contributed by atoms with Crippen LogP contribution in [-0.2, 0) is 6.42 Å². The summed E-state index contributed by atoms with van der Waals surface area (Å²) in [5, 5.41) is 13.5. The van der Waals surface area contributed by atoms with Crippen LogP contribution < -0.4 is 5.32 Å². The Morgan fingerprint density at radius 1 is 1.24 bits per heavy atom. The average Bonchev–Trinajstić information content (AvgIpc) is 2.48. The van der Waals surface area contributed by atoms with Gasteiger partial charge >= 0.3 is 0 Å². The summed E-state index contributed by atoms with van der Waals surface area (Å²) in [6, 6.07) is 12.8. The number of phenolic OH excluding ortho intramolecular Hbond substituents is 1. The molecule has 3 nitrogen and oxygen atoms in total. The molecule has 110 valence electrons. The highest BCUT2D eigenvalue weighted by Gasteiger charge is 2.11. The summed E-state index contributed by atoms with van der Waals surface area (Å²) in [5.74, 6) is -0.0743. The second-order valence-electron chi connectivity index (χ2n) is 4.90. The topological polar surface area (TPSA) is 49.3 Å². The molecular formula is C17H18BrNO2. The van der Waals surface area contributed by atoms with Crippen molar-refractivity contribution < 1.29 is 9.90 Å². The maximum Gasteiger partial charge on any atom is 0.256 e. The molecule has 0 spiro atoms. The van der Waals surface area contributed by atoms with Crippen LogP contribution in [0.2, 0.25) is 0 Å². The fraction of sp³-hybridized carbons (Fsp3) is 0.235. The van der Waals surface area contributed by atoms with Crippen LogP contribution in [0.3, 0.4) is 0 Å². The van der Waals surface area contributed by atoms with Gasteiger partial charge in [-0.15, -0.1) is 0 Å². The maximum atomic E-state index is 12.3. The van der Waals surface area contributed by atoms with Crippen LogP contribution in [-0.4, -0.2) is 16.3 Å². The lowest BCUT2D eigenvalue weighted by molar-refractivity contribution is 0.102. The predicted octanol–water partition coefficient (Wildman–Crippen LogP) is 4.28. The van der Waals surface area contributed by atoms with Crippen LogP contribution in [0.15, 0.2) is 42.5 Å². The fourth-order valence-electron chi connectivity index (χ4n) is 2.14. The van der Waals surface area contributed by atoms with Gasteiger partial charge in [-0.05, 0) is 49.6 Å². The van der Waals surface area contributed by atoms with Gasteiger partial charge in [0.25, 0.3) is 5.91 Å². The Balaban J connectivity index is 2.14. The molecule has 2 N–H and O–H groups in total. The third-order valence-corrected chi connectivity index (χ3v) is 3.89. The number of amides is 1. The minimum absolute atomic E-state index is 0.133. The van der Waals surface area contributed by atoms with Crippen LogP contribution in [0.4, 0.5) is 5.69 Å². The molecule has 2 rings (SSSR count). The highest BCUT2D eigenvalue weighted by atomic mass is 79.9. The first kappa shape index (κ1) is 15.6. The Bertz CT molecular complexity index is 640. The van der Waals surface area contributed by atoms with Gasteiger partial charge in [0.1, 0.15) is 5.75 Å². The van der Waals surface area contributed by atoms with Gasteiger partial charge in [-0.3, -0.25) is 4.79 Å². The van der Waals surface area contributed by atoms with Crippen molar-refractivity contribution in [1.29, 1.82) is 0 Å². The summed E-state index contributed by atoms with van der Waals surface area (Å²) >= 11 is 3.42. The minimum atomic E-state index is -0.207. The second kappa shape index (κ2) is 7.27. The molecule has 2 aromatic rings. The molecule has 0 saturated heterocycles. The number of benzene rings is 2. The number of nitrogens with one attached hydrogen (secondary N) is 1. The van der Waals surface area contributed by atoms with Crippen molar-refractivity contribution >= 4 is 27.5 Å². The van der Waals surface area contributed by atoms with E-state index in [2.05, 4.69) is 27.3 Å². The van der Waals surface area contributed by atoms with Crippen LogP contribution in [0.25, 0.3) is 0 Å². The number of carbonyl (C=O) groups is 1. The van der Waals surface area contributed by atoms with E-state index in [4.69, 9.17) is 0 Å². The SMILES string of the molecule is Cc1c(O)cccc1C(=O)Nc1cccc(CCCBr)c1.